The number of fused-ring (bicyclic) bond motifs is 3. The molecule has 0 saturated heterocycles. The zero-order valence-corrected chi connectivity index (χ0v) is 17.4. The molecule has 0 radical (unpaired) electrons. The van der Waals surface area contributed by atoms with Crippen molar-refractivity contribution in [1.29, 1.82) is 0 Å². The van der Waals surface area contributed by atoms with Crippen molar-refractivity contribution in [2.24, 2.45) is 0 Å². The minimum Gasteiger partial charge on any atom is -0.488 e. The lowest BCUT2D eigenvalue weighted by molar-refractivity contribution is 0.0938. The molecule has 0 unspecified atom stereocenters. The Morgan fingerprint density at radius 3 is 2.93 bits per heavy atom. The molecule has 3 heterocycles. The number of amides is 1. The molecule has 30 heavy (non-hydrogen) atoms. The number of benzene rings is 1. The molecule has 4 rings (SSSR count). The van der Waals surface area contributed by atoms with Gasteiger partial charge in [0.1, 0.15) is 18.1 Å². The van der Waals surface area contributed by atoms with Crippen molar-refractivity contribution in [3.05, 3.63) is 59.7 Å². The molecule has 3 aromatic rings. The molecule has 7 nitrogen and oxygen atoms in total. The highest BCUT2D eigenvalue weighted by molar-refractivity contribution is 5.95. The van der Waals surface area contributed by atoms with E-state index in [9.17, 15) is 4.79 Å². The molecule has 1 aliphatic heterocycles. The first-order chi connectivity index (χ1) is 14.7. The summed E-state index contributed by atoms with van der Waals surface area (Å²) in [5, 5.41) is 6.98. The molecule has 0 bridgehead atoms. The fourth-order valence-corrected chi connectivity index (χ4v) is 3.65. The lowest BCUT2D eigenvalue weighted by Crippen LogP contribution is -2.35. The van der Waals surface area contributed by atoms with Crippen LogP contribution >= 0.6 is 0 Å². The molecule has 0 spiro atoms. The Balaban J connectivity index is 1.33. The van der Waals surface area contributed by atoms with Gasteiger partial charge in [0.05, 0.1) is 23.9 Å². The number of nitrogens with one attached hydrogen (secondary N) is 1. The Hall–Kier alpha value is -3.06. The topological polar surface area (TPSA) is 80.7 Å². The number of ether oxygens (including phenoxy) is 1. The van der Waals surface area contributed by atoms with E-state index in [0.717, 1.165) is 43.0 Å². The average molecular weight is 409 g/mol. The summed E-state index contributed by atoms with van der Waals surface area (Å²) in [4.78, 5) is 15.0. The van der Waals surface area contributed by atoms with Crippen LogP contribution < -0.4 is 10.1 Å². The van der Waals surface area contributed by atoms with Gasteiger partial charge >= 0.3 is 0 Å². The largest absolute Gasteiger partial charge is 0.488 e. The third-order valence-corrected chi connectivity index (χ3v) is 5.57. The summed E-state index contributed by atoms with van der Waals surface area (Å²) in [6, 6.07) is 11.9. The first kappa shape index (κ1) is 20.2. The lowest BCUT2D eigenvalue weighted by Gasteiger charge is -2.27. The van der Waals surface area contributed by atoms with E-state index >= 15 is 0 Å². The Bertz CT molecular complexity index is 980. The van der Waals surface area contributed by atoms with E-state index in [2.05, 4.69) is 29.2 Å². The first-order valence-electron chi connectivity index (χ1n) is 10.4. The number of hydrogen-bond donors (Lipinski definition) is 1. The van der Waals surface area contributed by atoms with Gasteiger partial charge in [-0.15, -0.1) is 0 Å². The molecule has 7 heteroatoms. The van der Waals surface area contributed by atoms with Crippen LogP contribution in [0, 0.1) is 0 Å². The number of carbonyl (C=O) groups is 1. The van der Waals surface area contributed by atoms with Crippen LogP contribution in [0.3, 0.4) is 0 Å². The van der Waals surface area contributed by atoms with Gasteiger partial charge in [0.25, 0.3) is 5.91 Å². The molecule has 2 aromatic heterocycles. The summed E-state index contributed by atoms with van der Waals surface area (Å²) in [7, 11) is 0. The van der Waals surface area contributed by atoms with Crippen LogP contribution in [0.5, 0.6) is 5.75 Å². The second kappa shape index (κ2) is 9.17. The fourth-order valence-electron chi connectivity index (χ4n) is 3.65. The smallest absolute Gasteiger partial charge is 0.273 e. The standard InChI is InChI=1S/C23H27N3O4/c1-3-16(2)26(14-17-8-6-13-28-17)12-7-11-24-23(27)21-19-15-29-20-10-5-4-9-18(20)22(19)30-25-21/h4-6,8-10,13,16H,3,7,11-12,14-15H2,1-2H3,(H,24,27)/t16-/m0/s1. The molecule has 158 valence electrons. The summed E-state index contributed by atoms with van der Waals surface area (Å²) in [5.41, 5.74) is 1.83. The number of rotatable bonds is 9. The molecule has 1 atom stereocenters. The number of para-hydroxylation sites is 1. The fraction of sp³-hybridized carbons (Fsp3) is 0.391. The molecule has 1 aliphatic rings. The summed E-state index contributed by atoms with van der Waals surface area (Å²) in [6.07, 6.45) is 3.58. The van der Waals surface area contributed by atoms with Gasteiger partial charge in [-0.2, -0.15) is 0 Å². The molecule has 1 aromatic carbocycles. The van der Waals surface area contributed by atoms with Crippen LogP contribution in [-0.2, 0) is 13.2 Å². The van der Waals surface area contributed by atoms with Crippen LogP contribution in [0.25, 0.3) is 11.3 Å². The van der Waals surface area contributed by atoms with Gasteiger partial charge in [0, 0.05) is 19.1 Å². The Labute approximate surface area is 176 Å². The minimum atomic E-state index is -0.232. The van der Waals surface area contributed by atoms with Crippen LogP contribution in [0.2, 0.25) is 0 Å². The van der Waals surface area contributed by atoms with Crippen molar-refractivity contribution < 1.29 is 18.5 Å². The van der Waals surface area contributed by atoms with Gasteiger partial charge < -0.3 is 19.0 Å². The van der Waals surface area contributed by atoms with Crippen molar-refractivity contribution >= 4 is 5.91 Å². The van der Waals surface area contributed by atoms with Crippen molar-refractivity contribution in [2.75, 3.05) is 13.1 Å². The summed E-state index contributed by atoms with van der Waals surface area (Å²) >= 11 is 0. The maximum absolute atomic E-state index is 12.7. The first-order valence-corrected chi connectivity index (χ1v) is 10.4. The third-order valence-electron chi connectivity index (χ3n) is 5.57. The average Bonchev–Trinajstić information content (AvgIpc) is 3.45. The van der Waals surface area contributed by atoms with Crippen molar-refractivity contribution in [3.63, 3.8) is 0 Å². The van der Waals surface area contributed by atoms with E-state index in [1.54, 1.807) is 6.26 Å². The van der Waals surface area contributed by atoms with Crippen LogP contribution in [0.1, 0.15) is 48.5 Å². The van der Waals surface area contributed by atoms with Crippen molar-refractivity contribution in [1.82, 2.24) is 15.4 Å². The predicted molar refractivity (Wildman–Crippen MR) is 112 cm³/mol. The van der Waals surface area contributed by atoms with Gasteiger partial charge in [-0.25, -0.2) is 0 Å². The monoisotopic (exact) mass is 409 g/mol. The van der Waals surface area contributed by atoms with E-state index in [0.29, 0.717) is 29.6 Å². The van der Waals surface area contributed by atoms with Gasteiger partial charge in [0.2, 0.25) is 0 Å². The lowest BCUT2D eigenvalue weighted by atomic mass is 10.0. The predicted octanol–water partition coefficient (Wildman–Crippen LogP) is 4.25. The van der Waals surface area contributed by atoms with E-state index in [-0.39, 0.29) is 12.5 Å². The zero-order valence-electron chi connectivity index (χ0n) is 17.4. The molecule has 1 N–H and O–H groups in total. The highest BCUT2D eigenvalue weighted by Crippen LogP contribution is 2.38. The van der Waals surface area contributed by atoms with Crippen LogP contribution in [0.15, 0.2) is 51.6 Å². The molecule has 0 aliphatic carbocycles. The summed E-state index contributed by atoms with van der Waals surface area (Å²) in [5.74, 6) is 2.08. The maximum Gasteiger partial charge on any atom is 0.273 e. The quantitative estimate of drug-likeness (QED) is 0.532. The van der Waals surface area contributed by atoms with E-state index in [1.165, 1.54) is 0 Å². The van der Waals surface area contributed by atoms with E-state index in [1.807, 2.05) is 36.4 Å². The van der Waals surface area contributed by atoms with Gasteiger partial charge in [-0.3, -0.25) is 9.69 Å². The van der Waals surface area contributed by atoms with E-state index < -0.39 is 0 Å². The molecular weight excluding hydrogens is 382 g/mol. The molecular formula is C23H27N3O4. The Morgan fingerprint density at radius 1 is 1.27 bits per heavy atom. The molecule has 0 fully saturated rings. The maximum atomic E-state index is 12.7. The normalized spacial score (nSPS) is 13.4. The molecule has 0 saturated carbocycles. The van der Waals surface area contributed by atoms with Crippen molar-refractivity contribution in [3.8, 4) is 17.1 Å². The SMILES string of the molecule is CC[C@H](C)N(CCCNC(=O)c1noc2c1COc1ccccc1-2)Cc1ccco1. The summed E-state index contributed by atoms with van der Waals surface area (Å²) < 4.78 is 16.7. The summed E-state index contributed by atoms with van der Waals surface area (Å²) in [6.45, 7) is 6.86. The highest BCUT2D eigenvalue weighted by atomic mass is 16.5. The van der Waals surface area contributed by atoms with Crippen molar-refractivity contribution in [2.45, 2.75) is 45.9 Å². The number of hydrogen-bond acceptors (Lipinski definition) is 6. The van der Waals surface area contributed by atoms with Gasteiger partial charge in [-0.1, -0.05) is 24.2 Å². The number of nitrogens with zero attached hydrogens (tertiary/aromatic N) is 2. The zero-order chi connectivity index (χ0) is 20.9. The second-order valence-electron chi connectivity index (χ2n) is 7.54. The van der Waals surface area contributed by atoms with Gasteiger partial charge in [-0.05, 0) is 44.0 Å². The van der Waals surface area contributed by atoms with Gasteiger partial charge in [0.15, 0.2) is 11.5 Å². The Morgan fingerprint density at radius 2 is 2.13 bits per heavy atom. The number of carbonyl (C=O) groups excluding carboxylic acids is 1. The highest BCUT2D eigenvalue weighted by Gasteiger charge is 2.28. The number of furan rings is 1. The number of aromatic nitrogens is 1. The third kappa shape index (κ3) is 4.26. The molecule has 1 amide bonds. The Kier molecular flexibility index (Phi) is 6.18. The second-order valence-corrected chi connectivity index (χ2v) is 7.54. The minimum absolute atomic E-state index is 0.232. The van der Waals surface area contributed by atoms with E-state index in [4.69, 9.17) is 13.7 Å². The van der Waals surface area contributed by atoms with Crippen LogP contribution in [0.4, 0.5) is 0 Å². The van der Waals surface area contributed by atoms with Crippen LogP contribution in [-0.4, -0.2) is 35.1 Å².